The Morgan fingerprint density at radius 1 is 0.703 bits per heavy atom. The van der Waals surface area contributed by atoms with Gasteiger partial charge in [0.05, 0.1) is 19.7 Å². The van der Waals surface area contributed by atoms with Crippen LogP contribution in [0.15, 0.2) is 97.1 Å². The lowest BCUT2D eigenvalue weighted by Crippen LogP contribution is -2.68. The van der Waals surface area contributed by atoms with E-state index >= 15 is 0 Å². The largest absolute Gasteiger partial charge is 0.280 e. The number of hydrogen-bond donors (Lipinski definition) is 0. The highest BCUT2D eigenvalue weighted by Crippen LogP contribution is 2.38. The van der Waals surface area contributed by atoms with E-state index < -0.39 is 10.2 Å². The molecule has 0 atom stereocenters. The molecule has 1 heterocycles. The first-order chi connectivity index (χ1) is 17.6. The standard InChI is InChI=1S/C29H26ClN2.ClHO4/c1-31-17-18-32(2)29(31)28-26(22-9-5-3-6-10-22)19-24(21-13-15-25(30)16-14-21)20-27(28)23-11-7-4-8-12-23;2-1(3,4)5/h3-16,19-20H,17-18H2,1-2H3;(H,2,3,4,5)/q+1;/p-1. The van der Waals surface area contributed by atoms with E-state index in [-0.39, 0.29) is 0 Å². The van der Waals surface area contributed by atoms with Crippen LogP contribution in [0.3, 0.4) is 0 Å². The Bertz CT molecular complexity index is 1320. The summed E-state index contributed by atoms with van der Waals surface area (Å²) in [5.74, 6) is 1.27. The molecule has 0 fully saturated rings. The molecule has 5 rings (SSSR count). The number of amidine groups is 1. The smallest absolute Gasteiger partial charge is 0.260 e. The van der Waals surface area contributed by atoms with Crippen LogP contribution in [0.4, 0.5) is 0 Å². The minimum Gasteiger partial charge on any atom is -0.260 e. The fraction of sp³-hybridized carbons (Fsp3) is 0.138. The van der Waals surface area contributed by atoms with Crippen molar-refractivity contribution < 1.29 is 33.5 Å². The van der Waals surface area contributed by atoms with Gasteiger partial charge in [-0.1, -0.05) is 84.4 Å². The van der Waals surface area contributed by atoms with Gasteiger partial charge in [0.1, 0.15) is 13.1 Å². The highest BCUT2D eigenvalue weighted by atomic mass is 35.7. The van der Waals surface area contributed by atoms with Crippen molar-refractivity contribution in [3.63, 3.8) is 0 Å². The lowest BCUT2D eigenvalue weighted by atomic mass is 9.87. The summed E-state index contributed by atoms with van der Waals surface area (Å²) in [7, 11) is -0.565. The van der Waals surface area contributed by atoms with Gasteiger partial charge in [-0.25, -0.2) is 18.6 Å². The van der Waals surface area contributed by atoms with Gasteiger partial charge < -0.3 is 0 Å². The molecule has 0 aliphatic carbocycles. The summed E-state index contributed by atoms with van der Waals surface area (Å²) in [5.41, 5.74) is 8.55. The summed E-state index contributed by atoms with van der Waals surface area (Å²) in [6.45, 7) is 2.04. The second kappa shape index (κ2) is 11.4. The topological polar surface area (TPSA) is 98.5 Å². The first-order valence-corrected chi connectivity index (χ1v) is 13.2. The molecule has 8 heteroatoms. The Hall–Kier alpha value is -3.23. The SMILES string of the molecule is CN1CC[N+](C)=C1c1c(-c2ccccc2)cc(-c2ccc(Cl)cc2)cc1-c1ccccc1.[O-][Cl+3]([O-])([O-])[O-]. The van der Waals surface area contributed by atoms with Gasteiger partial charge in [0, 0.05) is 5.02 Å². The van der Waals surface area contributed by atoms with Gasteiger partial charge in [-0.3, -0.25) is 9.48 Å². The Labute approximate surface area is 223 Å². The minimum absolute atomic E-state index is 0.752. The number of rotatable bonds is 4. The third-order valence-electron chi connectivity index (χ3n) is 6.20. The zero-order valence-corrected chi connectivity index (χ0v) is 21.9. The summed E-state index contributed by atoms with van der Waals surface area (Å²) in [4.78, 5) is 2.37. The molecule has 4 aromatic carbocycles. The molecule has 6 nitrogen and oxygen atoms in total. The number of hydrogen-bond acceptors (Lipinski definition) is 5. The molecule has 4 aromatic rings. The number of nitrogens with zero attached hydrogens (tertiary/aromatic N) is 2. The van der Waals surface area contributed by atoms with Crippen LogP contribution in [-0.4, -0.2) is 42.5 Å². The van der Waals surface area contributed by atoms with Crippen molar-refractivity contribution in [1.29, 1.82) is 0 Å². The third-order valence-corrected chi connectivity index (χ3v) is 6.46. The zero-order valence-electron chi connectivity index (χ0n) is 20.4. The number of benzene rings is 4. The van der Waals surface area contributed by atoms with E-state index in [4.69, 9.17) is 30.2 Å². The Kier molecular flexibility index (Phi) is 8.29. The van der Waals surface area contributed by atoms with Gasteiger partial charge in [-0.15, -0.1) is 10.2 Å². The average molecular weight is 537 g/mol. The van der Waals surface area contributed by atoms with Crippen molar-refractivity contribution in [2.75, 3.05) is 27.2 Å². The summed E-state index contributed by atoms with van der Waals surface area (Å²) >= 11 is 6.18. The van der Waals surface area contributed by atoms with Gasteiger partial charge in [0.25, 0.3) is 5.84 Å². The molecule has 37 heavy (non-hydrogen) atoms. The maximum absolute atomic E-state index is 8.49. The van der Waals surface area contributed by atoms with Crippen molar-refractivity contribution >= 4 is 17.4 Å². The lowest BCUT2D eigenvalue weighted by molar-refractivity contribution is -2.00. The molecule has 0 saturated carbocycles. The summed E-state index contributed by atoms with van der Waals surface area (Å²) in [6, 6.07) is 34.2. The highest BCUT2D eigenvalue weighted by Gasteiger charge is 2.32. The molecule has 0 amide bonds. The molecular weight excluding hydrogens is 511 g/mol. The Morgan fingerprint density at radius 3 is 1.57 bits per heavy atom. The molecular formula is C29H26Cl2N2O4. The van der Waals surface area contributed by atoms with Crippen LogP contribution < -0.4 is 18.6 Å². The maximum atomic E-state index is 8.49. The summed E-state index contributed by atoms with van der Waals surface area (Å²) in [6.07, 6.45) is 0. The second-order valence-electron chi connectivity index (χ2n) is 8.73. The first kappa shape index (κ1) is 26.8. The molecule has 1 aliphatic rings. The Balaban J connectivity index is 0.000000586. The molecule has 0 aromatic heterocycles. The lowest BCUT2D eigenvalue weighted by Gasteiger charge is -2.19. The van der Waals surface area contributed by atoms with E-state index in [2.05, 4.69) is 108 Å². The highest BCUT2D eigenvalue weighted by molar-refractivity contribution is 6.30. The minimum atomic E-state index is -4.94. The van der Waals surface area contributed by atoms with Crippen LogP contribution in [0.1, 0.15) is 5.56 Å². The zero-order chi connectivity index (χ0) is 26.6. The van der Waals surface area contributed by atoms with Gasteiger partial charge in [-0.2, -0.15) is 0 Å². The second-order valence-corrected chi connectivity index (χ2v) is 9.92. The van der Waals surface area contributed by atoms with Crippen LogP contribution in [0, 0.1) is 10.2 Å². The van der Waals surface area contributed by atoms with Crippen LogP contribution in [0.5, 0.6) is 0 Å². The first-order valence-electron chi connectivity index (χ1n) is 11.6. The molecule has 0 saturated heterocycles. The van der Waals surface area contributed by atoms with E-state index in [9.17, 15) is 0 Å². The molecule has 190 valence electrons. The predicted octanol–water partition coefficient (Wildman–Crippen LogP) is 1.92. The average Bonchev–Trinajstić information content (AvgIpc) is 3.21. The van der Waals surface area contributed by atoms with Crippen molar-refractivity contribution in [2.45, 2.75) is 0 Å². The maximum Gasteiger partial charge on any atom is 0.280 e. The molecule has 0 unspecified atom stereocenters. The quantitative estimate of drug-likeness (QED) is 0.371. The van der Waals surface area contributed by atoms with Crippen molar-refractivity contribution in [3.05, 3.63) is 108 Å². The van der Waals surface area contributed by atoms with Crippen molar-refractivity contribution in [3.8, 4) is 33.4 Å². The molecule has 0 N–H and O–H groups in total. The van der Waals surface area contributed by atoms with Crippen molar-refractivity contribution in [1.82, 2.24) is 4.90 Å². The van der Waals surface area contributed by atoms with Gasteiger partial charge in [0.2, 0.25) is 0 Å². The fourth-order valence-corrected chi connectivity index (χ4v) is 4.69. The van der Waals surface area contributed by atoms with Gasteiger partial charge >= 0.3 is 0 Å². The summed E-state index contributed by atoms with van der Waals surface area (Å²) < 4.78 is 36.3. The molecule has 0 spiro atoms. The molecule has 1 aliphatic heterocycles. The van der Waals surface area contributed by atoms with Crippen molar-refractivity contribution in [2.24, 2.45) is 0 Å². The van der Waals surface area contributed by atoms with Crippen LogP contribution in [0.2, 0.25) is 5.02 Å². The van der Waals surface area contributed by atoms with Crippen LogP contribution in [0.25, 0.3) is 33.4 Å². The van der Waals surface area contributed by atoms with E-state index in [1.807, 2.05) is 12.1 Å². The van der Waals surface area contributed by atoms with Gasteiger partial charge in [0.15, 0.2) is 0 Å². The Morgan fingerprint density at radius 2 is 1.16 bits per heavy atom. The third kappa shape index (κ3) is 6.76. The summed E-state index contributed by atoms with van der Waals surface area (Å²) in [5, 5.41) is 0.752. The van der Waals surface area contributed by atoms with Crippen LogP contribution >= 0.6 is 11.6 Å². The van der Waals surface area contributed by atoms with E-state index in [1.54, 1.807) is 0 Å². The predicted molar refractivity (Wildman–Crippen MR) is 136 cm³/mol. The monoisotopic (exact) mass is 536 g/mol. The number of halogens is 2. The fourth-order valence-electron chi connectivity index (χ4n) is 4.57. The molecule has 0 radical (unpaired) electrons. The van der Waals surface area contributed by atoms with E-state index in [1.165, 1.54) is 39.2 Å². The number of likely N-dealkylation sites (N-methyl/N-ethyl adjacent to an activating group) is 2. The van der Waals surface area contributed by atoms with Gasteiger partial charge in [-0.05, 0) is 57.6 Å². The van der Waals surface area contributed by atoms with Crippen LogP contribution in [-0.2, 0) is 0 Å². The normalized spacial score (nSPS) is 13.4. The molecule has 0 bridgehead atoms. The van der Waals surface area contributed by atoms with E-state index in [0.29, 0.717) is 0 Å². The van der Waals surface area contributed by atoms with E-state index in [0.717, 1.165) is 23.7 Å².